The van der Waals surface area contributed by atoms with Gasteiger partial charge in [0.1, 0.15) is 0 Å². The zero-order chi connectivity index (χ0) is 19.3. The number of hydrogen-bond acceptors (Lipinski definition) is 5. The van der Waals surface area contributed by atoms with Crippen LogP contribution >= 0.6 is 0 Å². The number of rotatable bonds is 9. The molecule has 2 heterocycles. The molecule has 2 rings (SSSR count). The van der Waals surface area contributed by atoms with E-state index >= 15 is 0 Å². The lowest BCUT2D eigenvalue weighted by Gasteiger charge is -2.35. The molecule has 0 aromatic carbocycles. The van der Waals surface area contributed by atoms with Gasteiger partial charge in [0.15, 0.2) is 5.96 Å². The summed E-state index contributed by atoms with van der Waals surface area (Å²) in [6.45, 7) is 4.44. The van der Waals surface area contributed by atoms with Gasteiger partial charge in [0.05, 0.1) is 25.9 Å². The maximum atomic E-state index is 11.1. The van der Waals surface area contributed by atoms with E-state index in [1.54, 1.807) is 0 Å². The lowest BCUT2D eigenvalue weighted by molar-refractivity contribution is -0.140. The van der Waals surface area contributed by atoms with Crippen LogP contribution in [0.5, 0.6) is 0 Å². The first-order chi connectivity index (χ1) is 13.2. The summed E-state index contributed by atoms with van der Waals surface area (Å²) in [6, 6.07) is 0. The zero-order valence-corrected chi connectivity index (χ0v) is 17.1. The van der Waals surface area contributed by atoms with Crippen LogP contribution in [0.2, 0.25) is 0 Å². The zero-order valence-electron chi connectivity index (χ0n) is 17.1. The highest BCUT2D eigenvalue weighted by Crippen LogP contribution is 2.18. The third kappa shape index (κ3) is 8.47. The minimum atomic E-state index is -0.126. The largest absolute Gasteiger partial charge is 0.469 e. The number of nitrogens with one attached hydrogen (secondary N) is 1. The first-order valence-electron chi connectivity index (χ1n) is 10.5. The summed E-state index contributed by atoms with van der Waals surface area (Å²) in [5.74, 6) is 0.843. The number of piperidine rings is 1. The molecule has 0 amide bonds. The van der Waals surface area contributed by atoms with Crippen LogP contribution in [0, 0.1) is 0 Å². The number of esters is 1. The van der Waals surface area contributed by atoms with Gasteiger partial charge in [0.2, 0.25) is 0 Å². The van der Waals surface area contributed by atoms with Crippen molar-refractivity contribution in [3.05, 3.63) is 0 Å². The van der Waals surface area contributed by atoms with Crippen molar-refractivity contribution in [2.45, 2.75) is 70.0 Å². The molecule has 0 aromatic heterocycles. The molecule has 7 heteroatoms. The van der Waals surface area contributed by atoms with E-state index in [0.29, 0.717) is 18.6 Å². The van der Waals surface area contributed by atoms with Crippen molar-refractivity contribution >= 4 is 11.9 Å². The van der Waals surface area contributed by atoms with Gasteiger partial charge in [0, 0.05) is 39.7 Å². The van der Waals surface area contributed by atoms with E-state index in [-0.39, 0.29) is 5.97 Å². The maximum absolute atomic E-state index is 11.1. The maximum Gasteiger partial charge on any atom is 0.305 e. The molecule has 7 nitrogen and oxygen atoms in total. The molecule has 0 aliphatic carbocycles. The van der Waals surface area contributed by atoms with Crippen LogP contribution in [0.4, 0.5) is 0 Å². The second-order valence-corrected chi connectivity index (χ2v) is 7.37. The fourth-order valence-corrected chi connectivity index (χ4v) is 3.62. The van der Waals surface area contributed by atoms with Gasteiger partial charge in [-0.15, -0.1) is 0 Å². The lowest BCUT2D eigenvalue weighted by Crippen LogP contribution is -2.47. The summed E-state index contributed by atoms with van der Waals surface area (Å²) in [5, 5.41) is 3.44. The molecule has 1 unspecified atom stereocenters. The Morgan fingerprint density at radius 1 is 1.19 bits per heavy atom. The number of guanidine groups is 1. The molecule has 2 saturated heterocycles. The molecule has 1 N–H and O–H groups in total. The van der Waals surface area contributed by atoms with Gasteiger partial charge in [-0.3, -0.25) is 9.79 Å². The van der Waals surface area contributed by atoms with Gasteiger partial charge in [-0.1, -0.05) is 6.42 Å². The summed E-state index contributed by atoms with van der Waals surface area (Å²) in [5.41, 5.74) is 0. The van der Waals surface area contributed by atoms with E-state index in [9.17, 15) is 4.79 Å². The van der Waals surface area contributed by atoms with Gasteiger partial charge < -0.3 is 24.4 Å². The van der Waals surface area contributed by atoms with Gasteiger partial charge in [-0.05, 0) is 44.9 Å². The first-order valence-corrected chi connectivity index (χ1v) is 10.5. The summed E-state index contributed by atoms with van der Waals surface area (Å²) in [7, 11) is 3.27. The normalized spacial score (nSPS) is 21.9. The number of methoxy groups -OCH3 is 1. The molecule has 0 spiro atoms. The number of hydrogen-bond donors (Lipinski definition) is 1. The van der Waals surface area contributed by atoms with Crippen molar-refractivity contribution in [2.24, 2.45) is 4.99 Å². The molecule has 27 heavy (non-hydrogen) atoms. The van der Waals surface area contributed by atoms with Crippen LogP contribution in [0.3, 0.4) is 0 Å². The summed E-state index contributed by atoms with van der Waals surface area (Å²) < 4.78 is 16.5. The lowest BCUT2D eigenvalue weighted by atomic mass is 10.1. The average molecular weight is 384 g/mol. The highest BCUT2D eigenvalue weighted by molar-refractivity contribution is 5.79. The summed E-state index contributed by atoms with van der Waals surface area (Å²) in [4.78, 5) is 17.8. The van der Waals surface area contributed by atoms with Crippen molar-refractivity contribution < 1.29 is 19.0 Å². The molecule has 0 radical (unpaired) electrons. The van der Waals surface area contributed by atoms with Gasteiger partial charge in [-0.2, -0.15) is 0 Å². The smallest absolute Gasteiger partial charge is 0.305 e. The number of likely N-dealkylation sites (tertiary alicyclic amines) is 1. The minimum Gasteiger partial charge on any atom is -0.469 e. The number of ether oxygens (including phenoxy) is 3. The topological polar surface area (TPSA) is 72.4 Å². The first kappa shape index (κ1) is 22.0. The van der Waals surface area contributed by atoms with Crippen molar-refractivity contribution in [3.8, 4) is 0 Å². The van der Waals surface area contributed by atoms with Gasteiger partial charge >= 0.3 is 5.97 Å². The van der Waals surface area contributed by atoms with Crippen LogP contribution < -0.4 is 5.32 Å². The number of carbonyl (C=O) groups excluding carboxylic acids is 1. The van der Waals surface area contributed by atoms with E-state index < -0.39 is 0 Å². The molecule has 1 atom stereocenters. The van der Waals surface area contributed by atoms with Crippen molar-refractivity contribution in [3.63, 3.8) is 0 Å². The molecule has 0 bridgehead atoms. The molecule has 0 aromatic rings. The van der Waals surface area contributed by atoms with Crippen LogP contribution in [0.25, 0.3) is 0 Å². The number of carbonyl (C=O) groups is 1. The molecule has 156 valence electrons. The molecular formula is C20H37N3O4. The monoisotopic (exact) mass is 383 g/mol. The van der Waals surface area contributed by atoms with E-state index in [1.807, 2.05) is 7.05 Å². The highest BCUT2D eigenvalue weighted by Gasteiger charge is 2.23. The Hall–Kier alpha value is -1.34. The number of nitrogens with zero attached hydrogens (tertiary/aromatic N) is 2. The third-order valence-corrected chi connectivity index (χ3v) is 5.31. The van der Waals surface area contributed by atoms with E-state index in [1.165, 1.54) is 20.0 Å². The van der Waals surface area contributed by atoms with Crippen LogP contribution in [-0.4, -0.2) is 76.0 Å². The highest BCUT2D eigenvalue weighted by atomic mass is 16.5. The predicted molar refractivity (Wildman–Crippen MR) is 106 cm³/mol. The Labute approximate surface area is 163 Å². The molecule has 2 fully saturated rings. The second kappa shape index (κ2) is 12.9. The Balaban J connectivity index is 1.55. The quantitative estimate of drug-likeness (QED) is 0.285. The van der Waals surface area contributed by atoms with Crippen molar-refractivity contribution in [1.29, 1.82) is 0 Å². The molecule has 2 aliphatic heterocycles. The van der Waals surface area contributed by atoms with Crippen molar-refractivity contribution in [1.82, 2.24) is 10.2 Å². The van der Waals surface area contributed by atoms with Gasteiger partial charge in [0.25, 0.3) is 0 Å². The third-order valence-electron chi connectivity index (χ3n) is 5.31. The van der Waals surface area contributed by atoms with Gasteiger partial charge in [-0.25, -0.2) is 0 Å². The molecule has 2 aliphatic rings. The van der Waals surface area contributed by atoms with Crippen LogP contribution in [0.15, 0.2) is 4.99 Å². The molecule has 0 saturated carbocycles. The predicted octanol–water partition coefficient (Wildman–Crippen LogP) is 2.35. The van der Waals surface area contributed by atoms with Crippen LogP contribution in [-0.2, 0) is 19.0 Å². The summed E-state index contributed by atoms with van der Waals surface area (Å²) in [6.07, 6.45) is 9.70. The number of unbranched alkanes of at least 4 members (excludes halogenated alkanes) is 2. The number of aliphatic imine (C=N–C) groups is 1. The van der Waals surface area contributed by atoms with E-state index in [4.69, 9.17) is 9.47 Å². The fraction of sp³-hybridized carbons (Fsp3) is 0.900. The van der Waals surface area contributed by atoms with Crippen molar-refractivity contribution in [2.75, 3.05) is 47.0 Å². The minimum absolute atomic E-state index is 0.126. The SMILES string of the molecule is CN=C(NCCCCCC(=O)OC)N1CCC(OCC2CCCCO2)CC1. The summed E-state index contributed by atoms with van der Waals surface area (Å²) >= 11 is 0. The second-order valence-electron chi connectivity index (χ2n) is 7.37. The van der Waals surface area contributed by atoms with E-state index in [2.05, 4.69) is 19.9 Å². The molecular weight excluding hydrogens is 346 g/mol. The average Bonchev–Trinajstić information content (AvgIpc) is 2.73. The van der Waals surface area contributed by atoms with E-state index in [0.717, 1.165) is 77.3 Å². The Morgan fingerprint density at radius 3 is 2.67 bits per heavy atom. The van der Waals surface area contributed by atoms with Crippen LogP contribution in [0.1, 0.15) is 57.8 Å². The Morgan fingerprint density at radius 2 is 2.00 bits per heavy atom. The Bertz CT molecular complexity index is 445. The standard InChI is InChI=1S/C20H37N3O4/c1-21-20(22-12-6-3-4-9-19(24)25-2)23-13-10-17(11-14-23)27-16-18-8-5-7-15-26-18/h17-18H,3-16H2,1-2H3,(H,21,22). The fourth-order valence-electron chi connectivity index (χ4n) is 3.62. The Kier molecular flexibility index (Phi) is 10.5.